The summed E-state index contributed by atoms with van der Waals surface area (Å²) in [7, 11) is 0. The molecule has 3 N–H and O–H groups in total. The number of amides is 1. The van der Waals surface area contributed by atoms with Crippen LogP contribution in [0.1, 0.15) is 52.4 Å². The number of rotatable bonds is 4. The minimum Gasteiger partial charge on any atom is -0.394 e. The molecule has 0 radical (unpaired) electrons. The number of aliphatic hydroxyl groups is 1. The molecule has 1 heterocycles. The van der Waals surface area contributed by atoms with Gasteiger partial charge in [-0.05, 0) is 38.1 Å². The predicted molar refractivity (Wildman–Crippen MR) is 75.8 cm³/mol. The summed E-state index contributed by atoms with van der Waals surface area (Å²) in [4.78, 5) is 12.7. The Kier molecular flexibility index (Phi) is 4.51. The first-order chi connectivity index (χ1) is 9.06. The van der Waals surface area contributed by atoms with Crippen LogP contribution in [0.2, 0.25) is 0 Å². The van der Waals surface area contributed by atoms with Crippen molar-refractivity contribution in [3.8, 4) is 0 Å². The Labute approximate surface area is 116 Å². The Morgan fingerprint density at radius 3 is 2.79 bits per heavy atom. The third-order valence-corrected chi connectivity index (χ3v) is 5.17. The average Bonchev–Trinajstić information content (AvgIpc) is 2.88. The molecule has 0 aromatic heterocycles. The maximum atomic E-state index is 12.7. The Morgan fingerprint density at radius 1 is 1.47 bits per heavy atom. The van der Waals surface area contributed by atoms with Gasteiger partial charge < -0.3 is 15.7 Å². The fraction of sp³-hybridized carbons (Fsp3) is 0.933. The molecule has 1 saturated carbocycles. The van der Waals surface area contributed by atoms with Gasteiger partial charge in [0.25, 0.3) is 0 Å². The lowest BCUT2D eigenvalue weighted by Crippen LogP contribution is -2.58. The van der Waals surface area contributed by atoms with Crippen LogP contribution < -0.4 is 10.6 Å². The second-order valence-corrected chi connectivity index (χ2v) is 6.65. The first-order valence-electron chi connectivity index (χ1n) is 7.70. The van der Waals surface area contributed by atoms with E-state index >= 15 is 0 Å². The largest absolute Gasteiger partial charge is 0.394 e. The molecule has 4 heteroatoms. The second-order valence-electron chi connectivity index (χ2n) is 6.65. The minimum atomic E-state index is -0.375. The van der Waals surface area contributed by atoms with Gasteiger partial charge in [0.15, 0.2) is 0 Å². The highest BCUT2D eigenvalue weighted by atomic mass is 16.3. The van der Waals surface area contributed by atoms with E-state index in [1.165, 1.54) is 6.42 Å². The SMILES string of the molecule is CCC1(C(=O)NC2(CO)CCCC(C)C2)CCNC1. The molecule has 1 aliphatic heterocycles. The van der Waals surface area contributed by atoms with Crippen LogP contribution in [0, 0.1) is 11.3 Å². The van der Waals surface area contributed by atoms with Gasteiger partial charge in [-0.15, -0.1) is 0 Å². The van der Waals surface area contributed by atoms with Crippen molar-refractivity contribution in [2.24, 2.45) is 11.3 Å². The van der Waals surface area contributed by atoms with Gasteiger partial charge in [0.1, 0.15) is 0 Å². The molecule has 1 amide bonds. The summed E-state index contributed by atoms with van der Waals surface area (Å²) < 4.78 is 0. The second kappa shape index (κ2) is 5.80. The first kappa shape index (κ1) is 14.8. The summed E-state index contributed by atoms with van der Waals surface area (Å²) in [5, 5.41) is 16.3. The molecule has 19 heavy (non-hydrogen) atoms. The van der Waals surface area contributed by atoms with E-state index in [1.54, 1.807) is 0 Å². The van der Waals surface area contributed by atoms with Gasteiger partial charge in [0.05, 0.1) is 17.6 Å². The molecule has 1 saturated heterocycles. The Bertz CT molecular complexity index is 326. The average molecular weight is 268 g/mol. The van der Waals surface area contributed by atoms with E-state index in [1.807, 2.05) is 0 Å². The molecule has 0 aromatic rings. The summed E-state index contributed by atoms with van der Waals surface area (Å²) in [6.45, 7) is 6.05. The lowest BCUT2D eigenvalue weighted by molar-refractivity contribution is -0.133. The fourth-order valence-electron chi connectivity index (χ4n) is 3.73. The van der Waals surface area contributed by atoms with Gasteiger partial charge >= 0.3 is 0 Å². The highest BCUT2D eigenvalue weighted by molar-refractivity contribution is 5.84. The van der Waals surface area contributed by atoms with Gasteiger partial charge in [0, 0.05) is 6.54 Å². The normalized spacial score (nSPS) is 39.2. The fourth-order valence-corrected chi connectivity index (χ4v) is 3.73. The zero-order valence-electron chi connectivity index (χ0n) is 12.3. The van der Waals surface area contributed by atoms with Gasteiger partial charge in [-0.3, -0.25) is 4.79 Å². The number of hydrogen-bond donors (Lipinski definition) is 3. The molecule has 0 spiro atoms. The lowest BCUT2D eigenvalue weighted by atomic mass is 9.75. The van der Waals surface area contributed by atoms with Crippen LogP contribution in [0.15, 0.2) is 0 Å². The summed E-state index contributed by atoms with van der Waals surface area (Å²) in [6, 6.07) is 0. The van der Waals surface area contributed by atoms with Crippen molar-refractivity contribution < 1.29 is 9.90 Å². The molecule has 3 atom stereocenters. The van der Waals surface area contributed by atoms with Crippen LogP contribution in [-0.2, 0) is 4.79 Å². The van der Waals surface area contributed by atoms with Crippen LogP contribution in [0.4, 0.5) is 0 Å². The van der Waals surface area contributed by atoms with Crippen molar-refractivity contribution in [1.82, 2.24) is 10.6 Å². The van der Waals surface area contributed by atoms with E-state index in [0.717, 1.165) is 45.2 Å². The van der Waals surface area contributed by atoms with Crippen molar-refractivity contribution in [3.05, 3.63) is 0 Å². The van der Waals surface area contributed by atoms with E-state index in [9.17, 15) is 9.90 Å². The molecule has 0 bridgehead atoms. The Balaban J connectivity index is 2.07. The van der Waals surface area contributed by atoms with Crippen molar-refractivity contribution in [2.45, 2.75) is 57.9 Å². The zero-order chi connectivity index (χ0) is 13.9. The van der Waals surface area contributed by atoms with Gasteiger partial charge in [-0.25, -0.2) is 0 Å². The molecule has 110 valence electrons. The Morgan fingerprint density at radius 2 is 2.26 bits per heavy atom. The third-order valence-electron chi connectivity index (χ3n) is 5.17. The minimum absolute atomic E-state index is 0.0658. The smallest absolute Gasteiger partial charge is 0.228 e. The molecule has 2 rings (SSSR count). The van der Waals surface area contributed by atoms with Crippen LogP contribution in [0.3, 0.4) is 0 Å². The Hall–Kier alpha value is -0.610. The van der Waals surface area contributed by atoms with E-state index in [-0.39, 0.29) is 23.5 Å². The molecule has 0 aromatic carbocycles. The summed E-state index contributed by atoms with van der Waals surface area (Å²) in [6.07, 6.45) is 5.89. The number of aliphatic hydroxyl groups excluding tert-OH is 1. The number of nitrogens with one attached hydrogen (secondary N) is 2. The van der Waals surface area contributed by atoms with Crippen LogP contribution >= 0.6 is 0 Å². The number of hydrogen-bond acceptors (Lipinski definition) is 3. The van der Waals surface area contributed by atoms with Crippen molar-refractivity contribution in [2.75, 3.05) is 19.7 Å². The van der Waals surface area contributed by atoms with Crippen LogP contribution in [0.5, 0.6) is 0 Å². The standard InChI is InChI=1S/C15H28N2O2/c1-3-14(7-8-16-10-14)13(19)17-15(11-18)6-4-5-12(2)9-15/h12,16,18H,3-11H2,1-2H3,(H,17,19). The topological polar surface area (TPSA) is 61.4 Å². The van der Waals surface area contributed by atoms with Crippen LogP contribution in [-0.4, -0.2) is 36.2 Å². The van der Waals surface area contributed by atoms with Crippen LogP contribution in [0.25, 0.3) is 0 Å². The zero-order valence-corrected chi connectivity index (χ0v) is 12.3. The van der Waals surface area contributed by atoms with Crippen molar-refractivity contribution in [1.29, 1.82) is 0 Å². The van der Waals surface area contributed by atoms with Crippen molar-refractivity contribution in [3.63, 3.8) is 0 Å². The quantitative estimate of drug-likeness (QED) is 0.723. The van der Waals surface area contributed by atoms with E-state index in [0.29, 0.717) is 5.92 Å². The molecule has 3 unspecified atom stereocenters. The monoisotopic (exact) mass is 268 g/mol. The molecule has 4 nitrogen and oxygen atoms in total. The summed E-state index contributed by atoms with van der Waals surface area (Å²) in [5.74, 6) is 0.726. The molecular formula is C15H28N2O2. The number of carbonyl (C=O) groups is 1. The lowest BCUT2D eigenvalue weighted by Gasteiger charge is -2.41. The van der Waals surface area contributed by atoms with Gasteiger partial charge in [-0.2, -0.15) is 0 Å². The van der Waals surface area contributed by atoms with E-state index < -0.39 is 0 Å². The summed E-state index contributed by atoms with van der Waals surface area (Å²) >= 11 is 0. The van der Waals surface area contributed by atoms with Gasteiger partial charge in [-0.1, -0.05) is 26.7 Å². The molecule has 1 aliphatic carbocycles. The maximum Gasteiger partial charge on any atom is 0.228 e. The number of carbonyl (C=O) groups excluding carboxylic acids is 1. The highest BCUT2D eigenvalue weighted by Crippen LogP contribution is 2.35. The predicted octanol–water partition coefficient (Wildman–Crippen LogP) is 1.43. The van der Waals surface area contributed by atoms with Gasteiger partial charge in [0.2, 0.25) is 5.91 Å². The van der Waals surface area contributed by atoms with E-state index in [2.05, 4.69) is 24.5 Å². The van der Waals surface area contributed by atoms with E-state index in [4.69, 9.17) is 0 Å². The molecule has 2 fully saturated rings. The third kappa shape index (κ3) is 2.95. The maximum absolute atomic E-state index is 12.7. The summed E-state index contributed by atoms with van der Waals surface area (Å²) in [5.41, 5.74) is -0.637. The first-order valence-corrected chi connectivity index (χ1v) is 7.70. The van der Waals surface area contributed by atoms with Crippen molar-refractivity contribution >= 4 is 5.91 Å². The molecular weight excluding hydrogens is 240 g/mol. The molecule has 2 aliphatic rings. The highest BCUT2D eigenvalue weighted by Gasteiger charge is 2.44.